The first kappa shape index (κ1) is 12.7. The van der Waals surface area contributed by atoms with E-state index in [4.69, 9.17) is 5.11 Å². The highest BCUT2D eigenvalue weighted by Crippen LogP contribution is 2.29. The molecule has 0 spiro atoms. The molecule has 0 aliphatic heterocycles. The minimum absolute atomic E-state index is 0.0320. The summed E-state index contributed by atoms with van der Waals surface area (Å²) in [7, 11) is 0. The van der Waals surface area contributed by atoms with Crippen molar-refractivity contribution in [2.45, 2.75) is 19.3 Å². The van der Waals surface area contributed by atoms with Crippen molar-refractivity contribution < 1.29 is 14.3 Å². The van der Waals surface area contributed by atoms with Gasteiger partial charge in [0.1, 0.15) is 5.82 Å². The molecule has 0 fully saturated rings. The first-order chi connectivity index (χ1) is 8.58. The number of carbonyl (C=O) groups is 1. The Kier molecular flexibility index (Phi) is 3.72. The van der Waals surface area contributed by atoms with Gasteiger partial charge in [-0.2, -0.15) is 0 Å². The number of hydrogen-bond acceptors (Lipinski definition) is 3. The first-order valence-electron chi connectivity index (χ1n) is 5.50. The SMILES string of the molecule is CC(CC(=O)O)c1nc(-c2ccccc2F)cs1. The molecule has 0 aliphatic rings. The third-order valence-corrected chi connectivity index (χ3v) is 3.65. The molecule has 0 saturated carbocycles. The van der Waals surface area contributed by atoms with Crippen LogP contribution in [0.25, 0.3) is 11.3 Å². The summed E-state index contributed by atoms with van der Waals surface area (Å²) in [5.74, 6) is -1.33. The molecule has 1 unspecified atom stereocenters. The first-order valence-corrected chi connectivity index (χ1v) is 6.38. The van der Waals surface area contributed by atoms with Crippen molar-refractivity contribution in [3.05, 3.63) is 40.5 Å². The topological polar surface area (TPSA) is 50.2 Å². The molecule has 0 radical (unpaired) electrons. The third-order valence-electron chi connectivity index (χ3n) is 2.57. The number of aromatic nitrogens is 1. The summed E-state index contributed by atoms with van der Waals surface area (Å²) >= 11 is 1.36. The van der Waals surface area contributed by atoms with E-state index in [1.165, 1.54) is 17.4 Å². The predicted molar refractivity (Wildman–Crippen MR) is 68.2 cm³/mol. The van der Waals surface area contributed by atoms with E-state index in [0.29, 0.717) is 11.3 Å². The molecule has 0 aliphatic carbocycles. The lowest BCUT2D eigenvalue weighted by atomic mass is 10.1. The maximum Gasteiger partial charge on any atom is 0.304 e. The lowest BCUT2D eigenvalue weighted by Gasteiger charge is -2.03. The van der Waals surface area contributed by atoms with Crippen molar-refractivity contribution in [2.75, 3.05) is 0 Å². The van der Waals surface area contributed by atoms with Crippen LogP contribution in [-0.2, 0) is 4.79 Å². The fourth-order valence-electron chi connectivity index (χ4n) is 1.66. The molecule has 2 aromatic rings. The number of hydrogen-bond donors (Lipinski definition) is 1. The molecule has 0 amide bonds. The molecule has 1 aromatic carbocycles. The summed E-state index contributed by atoms with van der Waals surface area (Å²) < 4.78 is 13.6. The Labute approximate surface area is 108 Å². The minimum atomic E-state index is -0.856. The number of rotatable bonds is 4. The molecular weight excluding hydrogens is 253 g/mol. The summed E-state index contributed by atoms with van der Waals surface area (Å²) in [5.41, 5.74) is 1.01. The highest BCUT2D eigenvalue weighted by Gasteiger charge is 2.15. The fourth-order valence-corrected chi connectivity index (χ4v) is 2.53. The van der Waals surface area contributed by atoms with Crippen LogP contribution in [0.4, 0.5) is 4.39 Å². The van der Waals surface area contributed by atoms with Gasteiger partial charge in [-0.25, -0.2) is 9.37 Å². The number of nitrogens with zero attached hydrogens (tertiary/aromatic N) is 1. The Morgan fingerprint density at radius 2 is 2.22 bits per heavy atom. The Hall–Kier alpha value is -1.75. The summed E-state index contributed by atoms with van der Waals surface area (Å²) in [6, 6.07) is 6.42. The number of carboxylic acid groups (broad SMARTS) is 1. The zero-order valence-electron chi connectivity index (χ0n) is 9.76. The zero-order valence-corrected chi connectivity index (χ0v) is 10.6. The van der Waals surface area contributed by atoms with Gasteiger partial charge in [-0.3, -0.25) is 4.79 Å². The standard InChI is InChI=1S/C13H12FNO2S/c1-8(6-12(16)17)13-15-11(7-18-13)9-4-2-3-5-10(9)14/h2-5,7-8H,6H2,1H3,(H,16,17). The maximum absolute atomic E-state index is 13.6. The van der Waals surface area contributed by atoms with Gasteiger partial charge >= 0.3 is 5.97 Å². The van der Waals surface area contributed by atoms with Crippen LogP contribution in [0.3, 0.4) is 0 Å². The molecule has 94 valence electrons. The smallest absolute Gasteiger partial charge is 0.304 e. The van der Waals surface area contributed by atoms with E-state index >= 15 is 0 Å². The molecule has 3 nitrogen and oxygen atoms in total. The van der Waals surface area contributed by atoms with Gasteiger partial charge in [0.25, 0.3) is 0 Å². The number of carboxylic acids is 1. The molecule has 0 bridgehead atoms. The number of halogens is 1. The van der Waals surface area contributed by atoms with E-state index in [0.717, 1.165) is 5.01 Å². The van der Waals surface area contributed by atoms with Gasteiger partial charge in [0.05, 0.1) is 17.1 Å². The normalized spacial score (nSPS) is 12.3. The fraction of sp³-hybridized carbons (Fsp3) is 0.231. The van der Waals surface area contributed by atoms with Crippen LogP contribution in [0.2, 0.25) is 0 Å². The molecule has 5 heteroatoms. The Bertz CT molecular complexity index is 568. The van der Waals surface area contributed by atoms with Crippen molar-refractivity contribution in [3.8, 4) is 11.3 Å². The number of thiazole rings is 1. The van der Waals surface area contributed by atoms with E-state index in [9.17, 15) is 9.18 Å². The van der Waals surface area contributed by atoms with E-state index in [2.05, 4.69) is 4.98 Å². The van der Waals surface area contributed by atoms with Crippen LogP contribution in [0.1, 0.15) is 24.3 Å². The van der Waals surface area contributed by atoms with Crippen molar-refractivity contribution in [3.63, 3.8) is 0 Å². The van der Waals surface area contributed by atoms with Gasteiger partial charge in [0.15, 0.2) is 0 Å². The summed E-state index contributed by atoms with van der Waals surface area (Å²) in [6.45, 7) is 1.80. The summed E-state index contributed by atoms with van der Waals surface area (Å²) in [6.07, 6.45) is 0.0320. The molecule has 0 saturated heterocycles. The second-order valence-corrected chi connectivity index (χ2v) is 4.94. The predicted octanol–water partition coefficient (Wildman–Crippen LogP) is 3.53. The minimum Gasteiger partial charge on any atom is -0.481 e. The van der Waals surface area contributed by atoms with Crippen LogP contribution in [0.5, 0.6) is 0 Å². The zero-order chi connectivity index (χ0) is 13.1. The van der Waals surface area contributed by atoms with E-state index < -0.39 is 5.97 Å². The van der Waals surface area contributed by atoms with Crippen molar-refractivity contribution in [1.29, 1.82) is 0 Å². The molecular formula is C13H12FNO2S. The lowest BCUT2D eigenvalue weighted by Crippen LogP contribution is -2.02. The molecule has 1 atom stereocenters. The van der Waals surface area contributed by atoms with Crippen LogP contribution in [-0.4, -0.2) is 16.1 Å². The highest BCUT2D eigenvalue weighted by atomic mass is 32.1. The van der Waals surface area contributed by atoms with Crippen LogP contribution < -0.4 is 0 Å². The molecule has 1 heterocycles. The van der Waals surface area contributed by atoms with Gasteiger partial charge < -0.3 is 5.11 Å². The second-order valence-electron chi connectivity index (χ2n) is 4.05. The van der Waals surface area contributed by atoms with E-state index in [1.807, 2.05) is 0 Å². The largest absolute Gasteiger partial charge is 0.481 e. The summed E-state index contributed by atoms with van der Waals surface area (Å²) in [5, 5.41) is 11.2. The average molecular weight is 265 g/mol. The average Bonchev–Trinajstić information content (AvgIpc) is 2.78. The number of benzene rings is 1. The van der Waals surface area contributed by atoms with Crippen LogP contribution in [0, 0.1) is 5.82 Å². The van der Waals surface area contributed by atoms with Gasteiger partial charge in [0, 0.05) is 16.9 Å². The van der Waals surface area contributed by atoms with Gasteiger partial charge in [-0.05, 0) is 12.1 Å². The van der Waals surface area contributed by atoms with E-state index in [-0.39, 0.29) is 18.2 Å². The molecule has 1 N–H and O–H groups in total. The lowest BCUT2D eigenvalue weighted by molar-refractivity contribution is -0.137. The molecule has 2 rings (SSSR count). The Morgan fingerprint density at radius 1 is 1.50 bits per heavy atom. The third kappa shape index (κ3) is 2.73. The van der Waals surface area contributed by atoms with Gasteiger partial charge in [-0.15, -0.1) is 11.3 Å². The Morgan fingerprint density at radius 3 is 2.89 bits per heavy atom. The van der Waals surface area contributed by atoms with Crippen molar-refractivity contribution in [1.82, 2.24) is 4.98 Å². The van der Waals surface area contributed by atoms with Crippen LogP contribution >= 0.6 is 11.3 Å². The Balaban J connectivity index is 2.26. The quantitative estimate of drug-likeness (QED) is 0.920. The maximum atomic E-state index is 13.6. The highest BCUT2D eigenvalue weighted by molar-refractivity contribution is 7.10. The van der Waals surface area contributed by atoms with Gasteiger partial charge in [-0.1, -0.05) is 19.1 Å². The van der Waals surface area contributed by atoms with Gasteiger partial charge in [0.2, 0.25) is 0 Å². The number of aliphatic carboxylic acids is 1. The van der Waals surface area contributed by atoms with Crippen LogP contribution in [0.15, 0.2) is 29.6 Å². The second kappa shape index (κ2) is 5.27. The molecule has 18 heavy (non-hydrogen) atoms. The van der Waals surface area contributed by atoms with Crippen molar-refractivity contribution in [2.24, 2.45) is 0 Å². The summed E-state index contributed by atoms with van der Waals surface area (Å²) in [4.78, 5) is 14.9. The van der Waals surface area contributed by atoms with Crippen molar-refractivity contribution >= 4 is 17.3 Å². The monoisotopic (exact) mass is 265 g/mol. The molecule has 1 aromatic heterocycles. The van der Waals surface area contributed by atoms with E-state index in [1.54, 1.807) is 30.5 Å².